The first-order valence-electron chi connectivity index (χ1n) is 8.32. The molecular weight excluding hydrogens is 316 g/mol. The summed E-state index contributed by atoms with van der Waals surface area (Å²) >= 11 is 0. The number of amides is 2. The fraction of sp³-hybridized carbons (Fsp3) is 0.300. The summed E-state index contributed by atoms with van der Waals surface area (Å²) in [4.78, 5) is 24.2. The maximum Gasteiger partial charge on any atom is 0.313 e. The molecule has 0 bridgehead atoms. The van der Waals surface area contributed by atoms with Gasteiger partial charge in [0.25, 0.3) is 0 Å². The Bertz CT molecular complexity index is 743. The van der Waals surface area contributed by atoms with Crippen molar-refractivity contribution in [3.05, 3.63) is 65.2 Å². The Morgan fingerprint density at radius 1 is 1.04 bits per heavy atom. The molecule has 1 atom stereocenters. The fourth-order valence-electron chi connectivity index (χ4n) is 2.66. The molecule has 0 aliphatic rings. The molecule has 2 N–H and O–H groups in total. The summed E-state index contributed by atoms with van der Waals surface area (Å²) in [5.74, 6) is -1.36. The summed E-state index contributed by atoms with van der Waals surface area (Å²) < 4.78 is 5.46. The Hall–Kier alpha value is -2.66. The van der Waals surface area contributed by atoms with Crippen molar-refractivity contribution in [3.8, 4) is 0 Å². The molecule has 2 aromatic rings. The van der Waals surface area contributed by atoms with Crippen molar-refractivity contribution in [1.29, 1.82) is 0 Å². The number of para-hydroxylation sites is 1. The zero-order valence-electron chi connectivity index (χ0n) is 14.8. The standard InChI is InChI=1S/C20H24N2O3/c1-4-15-10-6-8-12-17(15)22-20(24)19(23)21-13-18(25-3)16-11-7-5-9-14(16)2/h5-12,18H,4,13H2,1-3H3,(H,21,23)(H,22,24). The van der Waals surface area contributed by atoms with Crippen LogP contribution in [0.3, 0.4) is 0 Å². The van der Waals surface area contributed by atoms with E-state index in [1.165, 1.54) is 0 Å². The van der Waals surface area contributed by atoms with E-state index in [-0.39, 0.29) is 12.6 Å². The molecule has 0 fully saturated rings. The van der Waals surface area contributed by atoms with E-state index in [9.17, 15) is 9.59 Å². The lowest BCUT2D eigenvalue weighted by Gasteiger charge is -2.18. The van der Waals surface area contributed by atoms with Crippen LogP contribution < -0.4 is 10.6 Å². The summed E-state index contributed by atoms with van der Waals surface area (Å²) in [6, 6.07) is 15.2. The molecule has 2 aromatic carbocycles. The Labute approximate surface area is 148 Å². The van der Waals surface area contributed by atoms with E-state index in [2.05, 4.69) is 10.6 Å². The van der Waals surface area contributed by atoms with Crippen LogP contribution in [0.5, 0.6) is 0 Å². The highest BCUT2D eigenvalue weighted by atomic mass is 16.5. The molecule has 2 amide bonds. The van der Waals surface area contributed by atoms with Gasteiger partial charge >= 0.3 is 11.8 Å². The molecule has 0 aliphatic heterocycles. The number of carbonyl (C=O) groups excluding carboxylic acids is 2. The van der Waals surface area contributed by atoms with Gasteiger partial charge in [-0.05, 0) is 36.1 Å². The Morgan fingerprint density at radius 3 is 2.40 bits per heavy atom. The van der Waals surface area contributed by atoms with Crippen LogP contribution in [0.25, 0.3) is 0 Å². The van der Waals surface area contributed by atoms with E-state index in [4.69, 9.17) is 4.74 Å². The lowest BCUT2D eigenvalue weighted by atomic mass is 10.0. The molecule has 0 radical (unpaired) electrons. The number of hydrogen-bond acceptors (Lipinski definition) is 3. The van der Waals surface area contributed by atoms with Crippen LogP contribution in [0.4, 0.5) is 5.69 Å². The number of carbonyl (C=O) groups is 2. The summed E-state index contributed by atoms with van der Waals surface area (Å²) in [7, 11) is 1.58. The normalized spacial score (nSPS) is 11.6. The second-order valence-electron chi connectivity index (χ2n) is 5.76. The van der Waals surface area contributed by atoms with Gasteiger partial charge in [-0.3, -0.25) is 9.59 Å². The largest absolute Gasteiger partial charge is 0.375 e. The first-order valence-corrected chi connectivity index (χ1v) is 8.32. The van der Waals surface area contributed by atoms with Crippen molar-refractivity contribution in [2.75, 3.05) is 19.0 Å². The molecule has 0 aliphatic carbocycles. The third kappa shape index (κ3) is 4.90. The van der Waals surface area contributed by atoms with Gasteiger partial charge in [0.1, 0.15) is 0 Å². The van der Waals surface area contributed by atoms with Gasteiger partial charge in [-0.1, -0.05) is 49.4 Å². The number of anilines is 1. The minimum Gasteiger partial charge on any atom is -0.375 e. The smallest absolute Gasteiger partial charge is 0.313 e. The van der Waals surface area contributed by atoms with E-state index in [1.807, 2.05) is 56.3 Å². The first kappa shape index (κ1) is 18.7. The molecule has 5 heteroatoms. The minimum absolute atomic E-state index is 0.225. The maximum atomic E-state index is 12.1. The average molecular weight is 340 g/mol. The zero-order valence-corrected chi connectivity index (χ0v) is 14.8. The van der Waals surface area contributed by atoms with Crippen LogP contribution in [0.2, 0.25) is 0 Å². The van der Waals surface area contributed by atoms with Gasteiger partial charge in [0.2, 0.25) is 0 Å². The van der Waals surface area contributed by atoms with Crippen LogP contribution in [0.15, 0.2) is 48.5 Å². The number of methoxy groups -OCH3 is 1. The van der Waals surface area contributed by atoms with Gasteiger partial charge in [-0.15, -0.1) is 0 Å². The Kier molecular flexibility index (Phi) is 6.71. The predicted octanol–water partition coefficient (Wildman–Crippen LogP) is 3.00. The van der Waals surface area contributed by atoms with Gasteiger partial charge in [0.15, 0.2) is 0 Å². The number of nitrogens with one attached hydrogen (secondary N) is 2. The molecule has 0 heterocycles. The monoisotopic (exact) mass is 340 g/mol. The Morgan fingerprint density at radius 2 is 1.72 bits per heavy atom. The van der Waals surface area contributed by atoms with E-state index < -0.39 is 11.8 Å². The highest BCUT2D eigenvalue weighted by Crippen LogP contribution is 2.19. The van der Waals surface area contributed by atoms with Crippen LogP contribution in [0, 0.1) is 6.92 Å². The minimum atomic E-state index is -0.680. The Balaban J connectivity index is 1.97. The van der Waals surface area contributed by atoms with Crippen molar-refractivity contribution in [2.45, 2.75) is 26.4 Å². The van der Waals surface area contributed by atoms with Crippen LogP contribution in [-0.4, -0.2) is 25.5 Å². The number of ether oxygens (including phenoxy) is 1. The fourth-order valence-corrected chi connectivity index (χ4v) is 2.66. The molecule has 2 rings (SSSR count). The molecule has 0 saturated carbocycles. The van der Waals surface area contributed by atoms with Gasteiger partial charge in [-0.2, -0.15) is 0 Å². The number of hydrogen-bond donors (Lipinski definition) is 2. The predicted molar refractivity (Wildman–Crippen MR) is 98.4 cm³/mol. The number of benzene rings is 2. The topological polar surface area (TPSA) is 67.4 Å². The van der Waals surface area contributed by atoms with Crippen LogP contribution in [-0.2, 0) is 20.7 Å². The molecule has 1 unspecified atom stereocenters. The SMILES string of the molecule is CCc1ccccc1NC(=O)C(=O)NCC(OC)c1ccccc1C. The third-order valence-corrected chi connectivity index (χ3v) is 4.12. The second-order valence-corrected chi connectivity index (χ2v) is 5.76. The molecule has 0 aromatic heterocycles. The molecule has 5 nitrogen and oxygen atoms in total. The van der Waals surface area contributed by atoms with Gasteiger partial charge in [-0.25, -0.2) is 0 Å². The van der Waals surface area contributed by atoms with E-state index >= 15 is 0 Å². The van der Waals surface area contributed by atoms with Gasteiger partial charge < -0.3 is 15.4 Å². The van der Waals surface area contributed by atoms with Crippen LogP contribution in [0.1, 0.15) is 29.7 Å². The van der Waals surface area contributed by atoms with Crippen molar-refractivity contribution in [1.82, 2.24) is 5.32 Å². The second kappa shape index (κ2) is 8.99. The van der Waals surface area contributed by atoms with Crippen LogP contribution >= 0.6 is 0 Å². The highest BCUT2D eigenvalue weighted by Gasteiger charge is 2.18. The summed E-state index contributed by atoms with van der Waals surface area (Å²) in [6.07, 6.45) is 0.470. The number of rotatable bonds is 6. The lowest BCUT2D eigenvalue weighted by molar-refractivity contribution is -0.136. The lowest BCUT2D eigenvalue weighted by Crippen LogP contribution is -2.38. The average Bonchev–Trinajstić information content (AvgIpc) is 2.63. The van der Waals surface area contributed by atoms with Gasteiger partial charge in [0.05, 0.1) is 6.10 Å². The summed E-state index contributed by atoms with van der Waals surface area (Å²) in [6.45, 7) is 4.21. The number of aryl methyl sites for hydroxylation is 2. The zero-order chi connectivity index (χ0) is 18.2. The van der Waals surface area contributed by atoms with E-state index in [0.717, 1.165) is 23.1 Å². The highest BCUT2D eigenvalue weighted by molar-refractivity contribution is 6.39. The van der Waals surface area contributed by atoms with E-state index in [0.29, 0.717) is 5.69 Å². The molecular formula is C20H24N2O3. The molecule has 0 saturated heterocycles. The summed E-state index contributed by atoms with van der Waals surface area (Å²) in [5, 5.41) is 5.30. The molecule has 0 spiro atoms. The van der Waals surface area contributed by atoms with Crippen molar-refractivity contribution in [3.63, 3.8) is 0 Å². The van der Waals surface area contributed by atoms with Crippen molar-refractivity contribution >= 4 is 17.5 Å². The van der Waals surface area contributed by atoms with Crippen molar-refractivity contribution < 1.29 is 14.3 Å². The summed E-state index contributed by atoms with van der Waals surface area (Å²) in [5.41, 5.74) is 3.71. The molecule has 132 valence electrons. The maximum absolute atomic E-state index is 12.1. The van der Waals surface area contributed by atoms with Gasteiger partial charge in [0, 0.05) is 19.3 Å². The first-order chi connectivity index (χ1) is 12.1. The molecule has 25 heavy (non-hydrogen) atoms. The van der Waals surface area contributed by atoms with Crippen molar-refractivity contribution in [2.24, 2.45) is 0 Å². The quantitative estimate of drug-likeness (QED) is 0.795. The van der Waals surface area contributed by atoms with E-state index in [1.54, 1.807) is 13.2 Å². The third-order valence-electron chi connectivity index (χ3n) is 4.12.